The number of nitrogens with one attached hydrogen (secondary N) is 1. The van der Waals surface area contributed by atoms with Crippen molar-refractivity contribution < 1.29 is 13.9 Å². The van der Waals surface area contributed by atoms with Crippen LogP contribution in [0.5, 0.6) is 0 Å². The van der Waals surface area contributed by atoms with E-state index in [-0.39, 0.29) is 17.9 Å². The molecule has 18 heavy (non-hydrogen) atoms. The van der Waals surface area contributed by atoms with E-state index in [0.717, 1.165) is 6.42 Å². The van der Waals surface area contributed by atoms with Gasteiger partial charge in [0.05, 0.1) is 11.1 Å². The molecule has 5 heteroatoms. The Morgan fingerprint density at radius 2 is 2.33 bits per heavy atom. The SMILES string of the molecule is CC1COCCC1NC(=O)c1ccc(Br)c(F)c1. The third-order valence-corrected chi connectivity index (χ3v) is 3.78. The molecule has 3 nitrogen and oxygen atoms in total. The summed E-state index contributed by atoms with van der Waals surface area (Å²) in [5.74, 6) is -0.383. The second-order valence-corrected chi connectivity index (χ2v) is 5.40. The van der Waals surface area contributed by atoms with E-state index in [2.05, 4.69) is 21.2 Å². The molecule has 2 unspecified atom stereocenters. The van der Waals surface area contributed by atoms with Gasteiger partial charge >= 0.3 is 0 Å². The number of carbonyl (C=O) groups excluding carboxylic acids is 1. The largest absolute Gasteiger partial charge is 0.381 e. The maximum atomic E-state index is 13.3. The third kappa shape index (κ3) is 3.09. The van der Waals surface area contributed by atoms with Gasteiger partial charge < -0.3 is 10.1 Å². The van der Waals surface area contributed by atoms with Crippen LogP contribution in [-0.4, -0.2) is 25.2 Å². The Morgan fingerprint density at radius 3 is 3.00 bits per heavy atom. The van der Waals surface area contributed by atoms with E-state index in [9.17, 15) is 9.18 Å². The van der Waals surface area contributed by atoms with Crippen molar-refractivity contribution in [2.45, 2.75) is 19.4 Å². The van der Waals surface area contributed by atoms with Crippen LogP contribution in [0.4, 0.5) is 4.39 Å². The van der Waals surface area contributed by atoms with Crippen LogP contribution in [0.3, 0.4) is 0 Å². The molecule has 1 saturated heterocycles. The molecule has 0 radical (unpaired) electrons. The summed E-state index contributed by atoms with van der Waals surface area (Å²) in [5.41, 5.74) is 0.342. The normalized spacial score (nSPS) is 23.7. The molecule has 0 aromatic heterocycles. The van der Waals surface area contributed by atoms with Gasteiger partial charge in [0.2, 0.25) is 0 Å². The van der Waals surface area contributed by atoms with E-state index in [0.29, 0.717) is 23.2 Å². The highest BCUT2D eigenvalue weighted by Gasteiger charge is 2.24. The number of ether oxygens (including phenoxy) is 1. The van der Waals surface area contributed by atoms with Gasteiger partial charge in [-0.15, -0.1) is 0 Å². The quantitative estimate of drug-likeness (QED) is 0.911. The molecule has 1 fully saturated rings. The van der Waals surface area contributed by atoms with Gasteiger partial charge in [0.25, 0.3) is 5.91 Å². The van der Waals surface area contributed by atoms with Crippen molar-refractivity contribution in [2.75, 3.05) is 13.2 Å². The lowest BCUT2D eigenvalue weighted by molar-refractivity contribution is 0.0375. The molecule has 0 saturated carbocycles. The van der Waals surface area contributed by atoms with Gasteiger partial charge in [-0.05, 0) is 46.5 Å². The molecule has 1 heterocycles. The van der Waals surface area contributed by atoms with Crippen LogP contribution in [0.2, 0.25) is 0 Å². The van der Waals surface area contributed by atoms with Gasteiger partial charge in [-0.3, -0.25) is 4.79 Å². The fourth-order valence-electron chi connectivity index (χ4n) is 1.98. The summed E-state index contributed by atoms with van der Waals surface area (Å²) in [5, 5.41) is 2.93. The summed E-state index contributed by atoms with van der Waals surface area (Å²) in [6.45, 7) is 3.34. The smallest absolute Gasteiger partial charge is 0.251 e. The van der Waals surface area contributed by atoms with E-state index in [1.807, 2.05) is 6.92 Å². The van der Waals surface area contributed by atoms with Gasteiger partial charge in [0.1, 0.15) is 5.82 Å². The van der Waals surface area contributed by atoms with Crippen LogP contribution in [0.1, 0.15) is 23.7 Å². The molecule has 2 atom stereocenters. The first-order valence-electron chi connectivity index (χ1n) is 5.91. The zero-order chi connectivity index (χ0) is 13.1. The summed E-state index contributed by atoms with van der Waals surface area (Å²) < 4.78 is 19.0. The number of hydrogen-bond donors (Lipinski definition) is 1. The summed E-state index contributed by atoms with van der Waals surface area (Å²) in [6.07, 6.45) is 0.798. The number of halogens is 2. The number of benzene rings is 1. The first-order chi connectivity index (χ1) is 8.58. The number of carbonyl (C=O) groups is 1. The Morgan fingerprint density at radius 1 is 1.56 bits per heavy atom. The standard InChI is InChI=1S/C13H15BrFNO2/c1-8-7-18-5-4-12(8)16-13(17)9-2-3-10(14)11(15)6-9/h2-3,6,8,12H,4-5,7H2,1H3,(H,16,17). The Bertz CT molecular complexity index is 453. The Labute approximate surface area is 114 Å². The Balaban J connectivity index is 2.04. The van der Waals surface area contributed by atoms with Crippen LogP contribution < -0.4 is 5.32 Å². The van der Waals surface area contributed by atoms with Crippen molar-refractivity contribution in [2.24, 2.45) is 5.92 Å². The molecule has 1 aromatic rings. The van der Waals surface area contributed by atoms with Crippen LogP contribution in [0.15, 0.2) is 22.7 Å². The number of hydrogen-bond acceptors (Lipinski definition) is 2. The molecule has 0 aliphatic carbocycles. The highest BCUT2D eigenvalue weighted by Crippen LogP contribution is 2.18. The maximum absolute atomic E-state index is 13.3. The van der Waals surface area contributed by atoms with Crippen molar-refractivity contribution in [3.63, 3.8) is 0 Å². The molecule has 98 valence electrons. The van der Waals surface area contributed by atoms with E-state index >= 15 is 0 Å². The third-order valence-electron chi connectivity index (χ3n) is 3.14. The minimum absolute atomic E-state index is 0.0953. The predicted octanol–water partition coefficient (Wildman–Crippen LogP) is 2.74. The Kier molecular flexibility index (Phi) is 4.35. The highest BCUT2D eigenvalue weighted by atomic mass is 79.9. The molecule has 0 spiro atoms. The van der Waals surface area contributed by atoms with Crippen LogP contribution in [0.25, 0.3) is 0 Å². The lowest BCUT2D eigenvalue weighted by Gasteiger charge is -2.29. The molecular weight excluding hydrogens is 301 g/mol. The van der Waals surface area contributed by atoms with Crippen LogP contribution >= 0.6 is 15.9 Å². The fourth-order valence-corrected chi connectivity index (χ4v) is 2.23. The predicted molar refractivity (Wildman–Crippen MR) is 70.0 cm³/mol. The minimum atomic E-state index is -0.428. The Hall–Kier alpha value is -0.940. The highest BCUT2D eigenvalue weighted by molar-refractivity contribution is 9.10. The number of rotatable bonds is 2. The second-order valence-electron chi connectivity index (χ2n) is 4.55. The lowest BCUT2D eigenvalue weighted by Crippen LogP contribution is -2.44. The molecule has 0 bridgehead atoms. The molecule has 2 rings (SSSR count). The summed E-state index contributed by atoms with van der Waals surface area (Å²) in [6, 6.07) is 4.48. The van der Waals surface area contributed by atoms with Crippen molar-refractivity contribution >= 4 is 21.8 Å². The van der Waals surface area contributed by atoms with E-state index in [4.69, 9.17) is 4.74 Å². The first kappa shape index (κ1) is 13.5. The maximum Gasteiger partial charge on any atom is 0.251 e. The lowest BCUT2D eigenvalue weighted by atomic mass is 9.97. The molecule has 1 aliphatic heterocycles. The molecule has 1 aromatic carbocycles. The summed E-state index contributed by atoms with van der Waals surface area (Å²) >= 11 is 3.06. The zero-order valence-corrected chi connectivity index (χ0v) is 11.7. The average Bonchev–Trinajstić information content (AvgIpc) is 2.35. The molecule has 1 aliphatic rings. The van der Waals surface area contributed by atoms with E-state index < -0.39 is 5.82 Å². The van der Waals surface area contributed by atoms with Crippen molar-refractivity contribution in [1.82, 2.24) is 5.32 Å². The fraction of sp³-hybridized carbons (Fsp3) is 0.462. The van der Waals surface area contributed by atoms with Gasteiger partial charge in [-0.2, -0.15) is 0 Å². The summed E-state index contributed by atoms with van der Waals surface area (Å²) in [4.78, 5) is 12.0. The van der Waals surface area contributed by atoms with Gasteiger partial charge in [0, 0.05) is 18.2 Å². The minimum Gasteiger partial charge on any atom is -0.381 e. The van der Waals surface area contributed by atoms with Gasteiger partial charge in [-0.1, -0.05) is 6.92 Å². The van der Waals surface area contributed by atoms with Gasteiger partial charge in [0.15, 0.2) is 0 Å². The van der Waals surface area contributed by atoms with E-state index in [1.165, 1.54) is 12.1 Å². The number of amides is 1. The average molecular weight is 316 g/mol. The molecule has 1 amide bonds. The zero-order valence-electron chi connectivity index (χ0n) is 10.1. The monoisotopic (exact) mass is 315 g/mol. The first-order valence-corrected chi connectivity index (χ1v) is 6.71. The molecular formula is C13H15BrFNO2. The van der Waals surface area contributed by atoms with Crippen LogP contribution in [-0.2, 0) is 4.74 Å². The molecule has 1 N–H and O–H groups in total. The van der Waals surface area contributed by atoms with Crippen molar-refractivity contribution in [3.8, 4) is 0 Å². The summed E-state index contributed by atoms with van der Waals surface area (Å²) in [7, 11) is 0. The second kappa shape index (κ2) is 5.80. The van der Waals surface area contributed by atoms with Crippen molar-refractivity contribution in [3.05, 3.63) is 34.1 Å². The topological polar surface area (TPSA) is 38.3 Å². The van der Waals surface area contributed by atoms with Crippen LogP contribution in [0, 0.1) is 11.7 Å². The van der Waals surface area contributed by atoms with Gasteiger partial charge in [-0.25, -0.2) is 4.39 Å². The van der Waals surface area contributed by atoms with E-state index in [1.54, 1.807) is 6.07 Å². The van der Waals surface area contributed by atoms with Crippen molar-refractivity contribution in [1.29, 1.82) is 0 Å².